The van der Waals surface area contributed by atoms with E-state index < -0.39 is 0 Å². The average Bonchev–Trinajstić information content (AvgIpc) is 2.39. The number of rotatable bonds is 3. The summed E-state index contributed by atoms with van der Waals surface area (Å²) in [6.07, 6.45) is 7.23. The molecule has 0 heterocycles. The summed E-state index contributed by atoms with van der Waals surface area (Å²) in [7, 11) is 0. The molecule has 0 unspecified atom stereocenters. The summed E-state index contributed by atoms with van der Waals surface area (Å²) in [5, 5.41) is 0. The summed E-state index contributed by atoms with van der Waals surface area (Å²) >= 11 is 0. The maximum absolute atomic E-state index is 12.1. The standard InChI is InChI=1S/C16H20O2/c1-3-13-8-7-9-14(12-13)15(17)18-16(2)10-5-4-6-11-16/h3,7-9,12H,1,4-6,10-11H2,2H3. The fourth-order valence-electron chi connectivity index (χ4n) is 2.48. The van der Waals surface area contributed by atoms with Crippen molar-refractivity contribution in [2.45, 2.75) is 44.6 Å². The van der Waals surface area contributed by atoms with Crippen LogP contribution >= 0.6 is 0 Å². The van der Waals surface area contributed by atoms with Crippen LogP contribution in [0.2, 0.25) is 0 Å². The van der Waals surface area contributed by atoms with E-state index in [4.69, 9.17) is 4.74 Å². The van der Waals surface area contributed by atoms with E-state index in [9.17, 15) is 4.79 Å². The zero-order chi connectivity index (χ0) is 13.0. The largest absolute Gasteiger partial charge is 0.456 e. The Hall–Kier alpha value is -1.57. The number of esters is 1. The first-order valence-electron chi connectivity index (χ1n) is 6.59. The van der Waals surface area contributed by atoms with E-state index in [1.165, 1.54) is 6.42 Å². The van der Waals surface area contributed by atoms with Gasteiger partial charge >= 0.3 is 5.97 Å². The molecule has 0 spiro atoms. The third-order valence-corrected chi connectivity index (χ3v) is 3.61. The first-order chi connectivity index (χ1) is 8.63. The third kappa shape index (κ3) is 3.00. The maximum Gasteiger partial charge on any atom is 0.338 e. The maximum atomic E-state index is 12.1. The molecular weight excluding hydrogens is 224 g/mol. The number of benzene rings is 1. The Morgan fingerprint density at radius 2 is 2.06 bits per heavy atom. The van der Waals surface area contributed by atoms with Gasteiger partial charge in [-0.05, 0) is 50.3 Å². The van der Waals surface area contributed by atoms with E-state index >= 15 is 0 Å². The van der Waals surface area contributed by atoms with Crippen molar-refractivity contribution in [1.82, 2.24) is 0 Å². The second-order valence-electron chi connectivity index (χ2n) is 5.23. The van der Waals surface area contributed by atoms with Crippen molar-refractivity contribution in [2.75, 3.05) is 0 Å². The van der Waals surface area contributed by atoms with Crippen molar-refractivity contribution in [2.24, 2.45) is 0 Å². The van der Waals surface area contributed by atoms with Crippen LogP contribution in [0.3, 0.4) is 0 Å². The van der Waals surface area contributed by atoms with Crippen molar-refractivity contribution in [1.29, 1.82) is 0 Å². The average molecular weight is 244 g/mol. The molecule has 0 saturated heterocycles. The molecule has 2 nitrogen and oxygen atoms in total. The van der Waals surface area contributed by atoms with Crippen LogP contribution < -0.4 is 0 Å². The van der Waals surface area contributed by atoms with Gasteiger partial charge in [0.25, 0.3) is 0 Å². The first-order valence-corrected chi connectivity index (χ1v) is 6.59. The van der Waals surface area contributed by atoms with E-state index in [0.29, 0.717) is 5.56 Å². The predicted molar refractivity (Wildman–Crippen MR) is 73.4 cm³/mol. The van der Waals surface area contributed by atoms with Gasteiger partial charge in [0.1, 0.15) is 5.60 Å². The molecule has 0 N–H and O–H groups in total. The van der Waals surface area contributed by atoms with Crippen molar-refractivity contribution >= 4 is 12.0 Å². The molecule has 2 heteroatoms. The van der Waals surface area contributed by atoms with E-state index in [1.54, 1.807) is 12.1 Å². The zero-order valence-corrected chi connectivity index (χ0v) is 10.9. The lowest BCUT2D eigenvalue weighted by Crippen LogP contribution is -2.33. The van der Waals surface area contributed by atoms with E-state index in [0.717, 1.165) is 31.2 Å². The molecule has 2 rings (SSSR count). The van der Waals surface area contributed by atoms with E-state index in [1.807, 2.05) is 25.1 Å². The number of hydrogen-bond acceptors (Lipinski definition) is 2. The van der Waals surface area contributed by atoms with Gasteiger partial charge in [0, 0.05) is 0 Å². The van der Waals surface area contributed by atoms with Gasteiger partial charge in [-0.3, -0.25) is 0 Å². The molecule has 0 radical (unpaired) electrons. The van der Waals surface area contributed by atoms with Crippen LogP contribution in [0.5, 0.6) is 0 Å². The summed E-state index contributed by atoms with van der Waals surface area (Å²) < 4.78 is 5.69. The van der Waals surface area contributed by atoms with Gasteiger partial charge in [-0.2, -0.15) is 0 Å². The molecule has 18 heavy (non-hydrogen) atoms. The van der Waals surface area contributed by atoms with Gasteiger partial charge in [-0.25, -0.2) is 4.79 Å². The highest BCUT2D eigenvalue weighted by Gasteiger charge is 2.31. The minimum absolute atomic E-state index is 0.219. The molecule has 1 saturated carbocycles. The molecule has 0 aliphatic heterocycles. The van der Waals surface area contributed by atoms with Crippen molar-refractivity contribution < 1.29 is 9.53 Å². The Bertz CT molecular complexity index is 442. The summed E-state index contributed by atoms with van der Waals surface area (Å²) in [5.74, 6) is -0.219. The number of carbonyl (C=O) groups excluding carboxylic acids is 1. The highest BCUT2D eigenvalue weighted by atomic mass is 16.6. The Labute approximate surface area is 109 Å². The molecule has 1 aromatic carbocycles. The summed E-state index contributed by atoms with van der Waals surface area (Å²) in [4.78, 5) is 12.1. The molecule has 1 aromatic rings. The normalized spacial score (nSPS) is 18.1. The lowest BCUT2D eigenvalue weighted by atomic mass is 9.86. The van der Waals surface area contributed by atoms with Crippen molar-refractivity contribution in [3.63, 3.8) is 0 Å². The quantitative estimate of drug-likeness (QED) is 0.744. The topological polar surface area (TPSA) is 26.3 Å². The first kappa shape index (κ1) is 12.9. The predicted octanol–water partition coefficient (Wildman–Crippen LogP) is 4.21. The fraction of sp³-hybridized carbons (Fsp3) is 0.438. The van der Waals surface area contributed by atoms with Crippen molar-refractivity contribution in [3.8, 4) is 0 Å². The monoisotopic (exact) mass is 244 g/mol. The Balaban J connectivity index is 2.08. The van der Waals surface area contributed by atoms with Crippen LogP contribution in [-0.4, -0.2) is 11.6 Å². The molecule has 1 aliphatic rings. The van der Waals surface area contributed by atoms with Gasteiger partial charge in [0.2, 0.25) is 0 Å². The lowest BCUT2D eigenvalue weighted by molar-refractivity contribution is -0.0269. The molecule has 0 bridgehead atoms. The summed E-state index contributed by atoms with van der Waals surface area (Å²) in [5.41, 5.74) is 1.27. The second-order valence-corrected chi connectivity index (χ2v) is 5.23. The highest BCUT2D eigenvalue weighted by Crippen LogP contribution is 2.31. The molecule has 0 aromatic heterocycles. The second kappa shape index (κ2) is 5.38. The van der Waals surface area contributed by atoms with Gasteiger partial charge in [-0.1, -0.05) is 31.2 Å². The van der Waals surface area contributed by atoms with Crippen LogP contribution in [0, 0.1) is 0 Å². The molecular formula is C16H20O2. The van der Waals surface area contributed by atoms with Gasteiger partial charge < -0.3 is 4.74 Å². The molecule has 0 amide bonds. The van der Waals surface area contributed by atoms with E-state index in [2.05, 4.69) is 6.58 Å². The van der Waals surface area contributed by atoms with Crippen LogP contribution in [0.15, 0.2) is 30.8 Å². The van der Waals surface area contributed by atoms with E-state index in [-0.39, 0.29) is 11.6 Å². The Kier molecular flexibility index (Phi) is 3.85. The number of ether oxygens (including phenoxy) is 1. The van der Waals surface area contributed by atoms with Gasteiger partial charge in [0.05, 0.1) is 5.56 Å². The van der Waals surface area contributed by atoms with Gasteiger partial charge in [0.15, 0.2) is 0 Å². The zero-order valence-electron chi connectivity index (χ0n) is 10.9. The minimum Gasteiger partial charge on any atom is -0.456 e. The van der Waals surface area contributed by atoms with Gasteiger partial charge in [-0.15, -0.1) is 0 Å². The smallest absolute Gasteiger partial charge is 0.338 e. The van der Waals surface area contributed by atoms with Crippen LogP contribution in [0.4, 0.5) is 0 Å². The Morgan fingerprint density at radius 3 is 2.72 bits per heavy atom. The molecule has 1 aliphatic carbocycles. The lowest BCUT2D eigenvalue weighted by Gasteiger charge is -2.33. The van der Waals surface area contributed by atoms with Crippen LogP contribution in [0.1, 0.15) is 54.9 Å². The Morgan fingerprint density at radius 1 is 1.33 bits per heavy atom. The molecule has 0 atom stereocenters. The summed E-state index contributed by atoms with van der Waals surface area (Å²) in [6, 6.07) is 7.39. The highest BCUT2D eigenvalue weighted by molar-refractivity contribution is 5.90. The molecule has 1 fully saturated rings. The van der Waals surface area contributed by atoms with Crippen LogP contribution in [0.25, 0.3) is 6.08 Å². The number of hydrogen-bond donors (Lipinski definition) is 0. The fourth-order valence-corrected chi connectivity index (χ4v) is 2.48. The van der Waals surface area contributed by atoms with Crippen molar-refractivity contribution in [3.05, 3.63) is 42.0 Å². The molecule has 96 valence electrons. The number of carbonyl (C=O) groups is 1. The third-order valence-electron chi connectivity index (χ3n) is 3.61. The summed E-state index contributed by atoms with van der Waals surface area (Å²) in [6.45, 7) is 5.75. The minimum atomic E-state index is -0.278. The SMILES string of the molecule is C=Cc1cccc(C(=O)OC2(C)CCCCC2)c1. The van der Waals surface area contributed by atoms with Crippen LogP contribution in [-0.2, 0) is 4.74 Å².